The van der Waals surface area contributed by atoms with Gasteiger partial charge in [0.25, 0.3) is 0 Å². The van der Waals surface area contributed by atoms with Crippen LogP contribution in [0.1, 0.15) is 26.7 Å². The lowest BCUT2D eigenvalue weighted by molar-refractivity contribution is 0.102. The highest BCUT2D eigenvalue weighted by Gasteiger charge is 2.10. The maximum Gasteiger partial charge on any atom is 0.0905 e. The lowest BCUT2D eigenvalue weighted by Gasteiger charge is -2.27. The quantitative estimate of drug-likeness (QED) is 0.456. The van der Waals surface area contributed by atoms with Crippen molar-refractivity contribution in [2.24, 2.45) is 5.73 Å². The zero-order chi connectivity index (χ0) is 11.0. The summed E-state index contributed by atoms with van der Waals surface area (Å²) in [6, 6.07) is 0.442. The maximum absolute atomic E-state index is 7.12. The SMILES string of the molecule is CCN(CCCC(=N)N)C(C)COC. The first-order valence-electron chi connectivity index (χ1n) is 5.17. The summed E-state index contributed by atoms with van der Waals surface area (Å²) in [7, 11) is 1.72. The fraction of sp³-hybridized carbons (Fsp3) is 0.900. The van der Waals surface area contributed by atoms with Crippen molar-refractivity contribution in [3.63, 3.8) is 0 Å². The first kappa shape index (κ1) is 13.4. The number of rotatable bonds is 8. The summed E-state index contributed by atoms with van der Waals surface area (Å²) in [6.07, 6.45) is 1.65. The molecule has 0 amide bonds. The molecule has 3 N–H and O–H groups in total. The van der Waals surface area contributed by atoms with Gasteiger partial charge in [-0.25, -0.2) is 0 Å². The monoisotopic (exact) mass is 201 g/mol. The van der Waals surface area contributed by atoms with E-state index in [9.17, 15) is 0 Å². The van der Waals surface area contributed by atoms with E-state index in [0.717, 1.165) is 26.1 Å². The number of likely N-dealkylation sites (N-methyl/N-ethyl adjacent to an activating group) is 1. The summed E-state index contributed by atoms with van der Waals surface area (Å²) in [5.74, 6) is 0.278. The van der Waals surface area contributed by atoms with Crippen LogP contribution in [0.2, 0.25) is 0 Å². The highest BCUT2D eigenvalue weighted by molar-refractivity contribution is 5.76. The third kappa shape index (κ3) is 5.94. The van der Waals surface area contributed by atoms with Crippen LogP contribution < -0.4 is 5.73 Å². The molecule has 14 heavy (non-hydrogen) atoms. The van der Waals surface area contributed by atoms with E-state index in [1.807, 2.05) is 0 Å². The molecule has 0 aromatic heterocycles. The number of nitrogens with one attached hydrogen (secondary N) is 1. The van der Waals surface area contributed by atoms with E-state index in [1.54, 1.807) is 7.11 Å². The second-order valence-electron chi connectivity index (χ2n) is 3.56. The fourth-order valence-electron chi connectivity index (χ4n) is 1.51. The van der Waals surface area contributed by atoms with E-state index >= 15 is 0 Å². The van der Waals surface area contributed by atoms with Gasteiger partial charge in [0.1, 0.15) is 0 Å². The normalized spacial score (nSPS) is 13.1. The molecule has 0 fully saturated rings. The zero-order valence-electron chi connectivity index (χ0n) is 9.55. The highest BCUT2D eigenvalue weighted by Crippen LogP contribution is 2.02. The van der Waals surface area contributed by atoms with E-state index in [1.165, 1.54) is 0 Å². The zero-order valence-corrected chi connectivity index (χ0v) is 9.55. The molecule has 0 rings (SSSR count). The number of amidine groups is 1. The molecule has 0 aliphatic heterocycles. The molecule has 0 bridgehead atoms. The van der Waals surface area contributed by atoms with Crippen molar-refractivity contribution in [1.29, 1.82) is 5.41 Å². The van der Waals surface area contributed by atoms with Crippen LogP contribution >= 0.6 is 0 Å². The third-order valence-electron chi connectivity index (χ3n) is 2.33. The molecule has 0 aromatic carbocycles. The minimum Gasteiger partial charge on any atom is -0.388 e. The summed E-state index contributed by atoms with van der Waals surface area (Å²) >= 11 is 0. The summed E-state index contributed by atoms with van der Waals surface area (Å²) in [5, 5.41) is 7.12. The first-order chi connectivity index (χ1) is 6.61. The van der Waals surface area contributed by atoms with Crippen molar-refractivity contribution >= 4 is 5.84 Å². The van der Waals surface area contributed by atoms with Gasteiger partial charge in [0.05, 0.1) is 12.4 Å². The molecule has 0 aromatic rings. The van der Waals surface area contributed by atoms with E-state index in [-0.39, 0.29) is 5.84 Å². The van der Waals surface area contributed by atoms with E-state index < -0.39 is 0 Å². The Morgan fingerprint density at radius 1 is 1.57 bits per heavy atom. The van der Waals surface area contributed by atoms with Crippen LogP contribution in [0.5, 0.6) is 0 Å². The van der Waals surface area contributed by atoms with Crippen LogP contribution in [0.3, 0.4) is 0 Å². The molecule has 4 nitrogen and oxygen atoms in total. The molecule has 0 saturated carbocycles. The van der Waals surface area contributed by atoms with Crippen molar-refractivity contribution in [2.45, 2.75) is 32.7 Å². The Morgan fingerprint density at radius 3 is 2.64 bits per heavy atom. The van der Waals surface area contributed by atoms with Crippen molar-refractivity contribution in [1.82, 2.24) is 4.90 Å². The molecule has 84 valence electrons. The standard InChI is InChI=1S/C10H23N3O/c1-4-13(9(2)8-14-3)7-5-6-10(11)12/h9H,4-8H2,1-3H3,(H3,11,12). The van der Waals surface area contributed by atoms with Gasteiger partial charge in [0.15, 0.2) is 0 Å². The van der Waals surface area contributed by atoms with E-state index in [0.29, 0.717) is 12.5 Å². The Balaban J connectivity index is 3.72. The molecule has 0 aliphatic rings. The Hall–Kier alpha value is -0.610. The van der Waals surface area contributed by atoms with Gasteiger partial charge in [-0.05, 0) is 26.4 Å². The second kappa shape index (κ2) is 7.76. The largest absolute Gasteiger partial charge is 0.388 e. The summed E-state index contributed by atoms with van der Waals surface area (Å²) < 4.78 is 5.11. The molecule has 1 unspecified atom stereocenters. The number of nitrogens with zero attached hydrogens (tertiary/aromatic N) is 1. The number of ether oxygens (including phenoxy) is 1. The summed E-state index contributed by atoms with van der Waals surface area (Å²) in [5.41, 5.74) is 5.29. The number of nitrogens with two attached hydrogens (primary N) is 1. The fourth-order valence-corrected chi connectivity index (χ4v) is 1.51. The molecule has 0 heterocycles. The van der Waals surface area contributed by atoms with Gasteiger partial charge in [-0.15, -0.1) is 0 Å². The Kier molecular flexibility index (Phi) is 7.42. The average molecular weight is 201 g/mol. The third-order valence-corrected chi connectivity index (χ3v) is 2.33. The number of methoxy groups -OCH3 is 1. The van der Waals surface area contributed by atoms with Gasteiger partial charge in [-0.3, -0.25) is 10.3 Å². The molecule has 0 radical (unpaired) electrons. The van der Waals surface area contributed by atoms with Gasteiger partial charge in [0, 0.05) is 19.6 Å². The Morgan fingerprint density at radius 2 is 2.21 bits per heavy atom. The van der Waals surface area contributed by atoms with Gasteiger partial charge < -0.3 is 10.5 Å². The molecule has 0 aliphatic carbocycles. The van der Waals surface area contributed by atoms with Crippen molar-refractivity contribution < 1.29 is 4.74 Å². The lowest BCUT2D eigenvalue weighted by Crippen LogP contribution is -2.37. The maximum atomic E-state index is 7.12. The molecule has 1 atom stereocenters. The highest BCUT2D eigenvalue weighted by atomic mass is 16.5. The number of hydrogen-bond acceptors (Lipinski definition) is 3. The van der Waals surface area contributed by atoms with Crippen molar-refractivity contribution in [3.05, 3.63) is 0 Å². The van der Waals surface area contributed by atoms with Crippen LogP contribution in [0.25, 0.3) is 0 Å². The van der Waals surface area contributed by atoms with Crippen LogP contribution in [0, 0.1) is 5.41 Å². The molecule has 0 saturated heterocycles. The average Bonchev–Trinajstić information content (AvgIpc) is 2.12. The van der Waals surface area contributed by atoms with Crippen LogP contribution in [0.4, 0.5) is 0 Å². The minimum absolute atomic E-state index is 0.278. The topological polar surface area (TPSA) is 62.3 Å². The molecular weight excluding hydrogens is 178 g/mol. The van der Waals surface area contributed by atoms with Crippen molar-refractivity contribution in [2.75, 3.05) is 26.8 Å². The van der Waals surface area contributed by atoms with E-state index in [2.05, 4.69) is 18.7 Å². The molecule has 4 heteroatoms. The van der Waals surface area contributed by atoms with Gasteiger partial charge in [-0.2, -0.15) is 0 Å². The lowest BCUT2D eigenvalue weighted by atomic mass is 10.2. The summed E-state index contributed by atoms with van der Waals surface area (Å²) in [6.45, 7) is 7.05. The van der Waals surface area contributed by atoms with Crippen molar-refractivity contribution in [3.8, 4) is 0 Å². The van der Waals surface area contributed by atoms with Gasteiger partial charge in [0.2, 0.25) is 0 Å². The summed E-state index contributed by atoms with van der Waals surface area (Å²) in [4.78, 5) is 2.34. The second-order valence-corrected chi connectivity index (χ2v) is 3.56. The van der Waals surface area contributed by atoms with Crippen LogP contribution in [0.15, 0.2) is 0 Å². The molecular formula is C10H23N3O. The van der Waals surface area contributed by atoms with Gasteiger partial charge >= 0.3 is 0 Å². The van der Waals surface area contributed by atoms with Gasteiger partial charge in [-0.1, -0.05) is 6.92 Å². The van der Waals surface area contributed by atoms with Crippen LogP contribution in [-0.4, -0.2) is 43.6 Å². The predicted molar refractivity (Wildman–Crippen MR) is 59.7 cm³/mol. The predicted octanol–water partition coefficient (Wildman–Crippen LogP) is 1.06. The smallest absolute Gasteiger partial charge is 0.0905 e. The van der Waals surface area contributed by atoms with E-state index in [4.69, 9.17) is 15.9 Å². The Bertz CT molecular complexity index is 161. The number of hydrogen-bond donors (Lipinski definition) is 2. The first-order valence-corrected chi connectivity index (χ1v) is 5.17. The van der Waals surface area contributed by atoms with Crippen LogP contribution in [-0.2, 0) is 4.74 Å². The molecule has 0 spiro atoms. The Labute approximate surface area is 86.9 Å². The minimum atomic E-state index is 0.278.